The smallest absolute Gasteiger partial charge is 0.0435 e. The van der Waals surface area contributed by atoms with Gasteiger partial charge < -0.3 is 0 Å². The normalized spacial score (nSPS) is 17.4. The average Bonchev–Trinajstić information content (AvgIpc) is 2.16. The molecular weight excluding hydrogens is 194 g/mol. The molecule has 88 valence electrons. The van der Waals surface area contributed by atoms with E-state index in [-0.39, 0.29) is 5.41 Å². The zero-order valence-electron chi connectivity index (χ0n) is 10.8. The lowest BCUT2D eigenvalue weighted by Crippen LogP contribution is -2.14. The maximum atomic E-state index is 4.69. The highest BCUT2D eigenvalue weighted by Gasteiger charge is 2.16. The van der Waals surface area contributed by atoms with Gasteiger partial charge in [-0.15, -0.1) is 0 Å². The quantitative estimate of drug-likeness (QED) is 0.639. The number of aromatic nitrogens is 1. The van der Waals surface area contributed by atoms with Crippen molar-refractivity contribution in [2.75, 3.05) is 0 Å². The van der Waals surface area contributed by atoms with Crippen LogP contribution in [0, 0.1) is 0 Å². The Morgan fingerprint density at radius 1 is 1.00 bits per heavy atom. The zero-order chi connectivity index (χ0) is 11.6. The Labute approximate surface area is 99.3 Å². The molecule has 2 rings (SSSR count). The van der Waals surface area contributed by atoms with Gasteiger partial charge >= 0.3 is 0 Å². The van der Waals surface area contributed by atoms with Crippen LogP contribution in [0.4, 0.5) is 0 Å². The average molecular weight is 217 g/mol. The number of rotatable bonds is 0. The molecule has 0 aromatic carbocycles. The Hall–Kier alpha value is -0.850. The molecule has 1 heterocycles. The van der Waals surface area contributed by atoms with Gasteiger partial charge in [-0.25, -0.2) is 0 Å². The monoisotopic (exact) mass is 217 g/mol. The fourth-order valence-corrected chi connectivity index (χ4v) is 2.35. The third kappa shape index (κ3) is 2.63. The lowest BCUT2D eigenvalue weighted by molar-refractivity contribution is 0.575. The summed E-state index contributed by atoms with van der Waals surface area (Å²) in [5, 5.41) is 0. The molecule has 16 heavy (non-hydrogen) atoms. The van der Waals surface area contributed by atoms with Gasteiger partial charge in [-0.3, -0.25) is 4.98 Å². The summed E-state index contributed by atoms with van der Waals surface area (Å²) in [6, 6.07) is 2.40. The number of hydrogen-bond donors (Lipinski definition) is 0. The van der Waals surface area contributed by atoms with Gasteiger partial charge in [0, 0.05) is 11.9 Å². The lowest BCUT2D eigenvalue weighted by Gasteiger charge is -2.21. The van der Waals surface area contributed by atoms with Crippen molar-refractivity contribution in [1.82, 2.24) is 4.98 Å². The van der Waals surface area contributed by atoms with Crippen LogP contribution in [0.15, 0.2) is 12.3 Å². The molecule has 0 amide bonds. The number of aryl methyl sites for hydroxylation is 2. The van der Waals surface area contributed by atoms with Crippen molar-refractivity contribution in [3.05, 3.63) is 29.1 Å². The molecule has 0 fully saturated rings. The maximum absolute atomic E-state index is 4.69. The van der Waals surface area contributed by atoms with Crippen LogP contribution in [0.5, 0.6) is 0 Å². The highest BCUT2D eigenvalue weighted by molar-refractivity contribution is 5.30. The van der Waals surface area contributed by atoms with Gasteiger partial charge in [0.05, 0.1) is 0 Å². The lowest BCUT2D eigenvalue weighted by atomic mass is 9.86. The van der Waals surface area contributed by atoms with Gasteiger partial charge in [-0.1, -0.05) is 39.7 Å². The van der Waals surface area contributed by atoms with Gasteiger partial charge in [0.1, 0.15) is 0 Å². The summed E-state index contributed by atoms with van der Waals surface area (Å²) in [6.45, 7) is 6.79. The Morgan fingerprint density at radius 2 is 1.69 bits per heavy atom. The number of hydrogen-bond acceptors (Lipinski definition) is 1. The van der Waals surface area contributed by atoms with E-state index in [0.29, 0.717) is 0 Å². The molecule has 0 radical (unpaired) electrons. The van der Waals surface area contributed by atoms with Gasteiger partial charge in [0.25, 0.3) is 0 Å². The second kappa shape index (κ2) is 4.57. The van der Waals surface area contributed by atoms with Crippen molar-refractivity contribution in [3.63, 3.8) is 0 Å². The topological polar surface area (TPSA) is 12.9 Å². The standard InChI is InChI=1S/C15H23N/c1-15(2,3)13-10-12-8-6-4-5-7-9-14(12)16-11-13/h10-11H,4-9H2,1-3H3. The van der Waals surface area contributed by atoms with Crippen molar-refractivity contribution in [3.8, 4) is 0 Å². The molecule has 1 aliphatic rings. The molecule has 0 spiro atoms. The Balaban J connectivity index is 2.32. The minimum absolute atomic E-state index is 0.227. The van der Waals surface area contributed by atoms with Crippen LogP contribution in [-0.2, 0) is 18.3 Å². The van der Waals surface area contributed by atoms with E-state index < -0.39 is 0 Å². The molecule has 0 N–H and O–H groups in total. The van der Waals surface area contributed by atoms with Crippen LogP contribution in [0.25, 0.3) is 0 Å². The third-order valence-electron chi connectivity index (χ3n) is 3.54. The molecule has 1 nitrogen and oxygen atoms in total. The SMILES string of the molecule is CC(C)(C)c1cnc2c(c1)CCCCCC2. The Kier molecular flexibility index (Phi) is 3.32. The van der Waals surface area contributed by atoms with E-state index in [9.17, 15) is 0 Å². The summed E-state index contributed by atoms with van der Waals surface area (Å²) in [4.78, 5) is 4.69. The van der Waals surface area contributed by atoms with E-state index in [1.807, 2.05) is 0 Å². The van der Waals surface area contributed by atoms with Crippen LogP contribution in [-0.4, -0.2) is 4.98 Å². The minimum atomic E-state index is 0.227. The number of pyridine rings is 1. The molecule has 0 saturated carbocycles. The second-order valence-electron chi connectivity index (χ2n) is 5.99. The second-order valence-corrected chi connectivity index (χ2v) is 5.99. The molecule has 0 bridgehead atoms. The predicted octanol–water partition coefficient (Wildman–Crippen LogP) is 4.04. The maximum Gasteiger partial charge on any atom is 0.0435 e. The van der Waals surface area contributed by atoms with Crippen molar-refractivity contribution in [2.24, 2.45) is 0 Å². The van der Waals surface area contributed by atoms with Crippen LogP contribution >= 0.6 is 0 Å². The summed E-state index contributed by atoms with van der Waals surface area (Å²) in [7, 11) is 0. The van der Waals surface area contributed by atoms with Crippen LogP contribution < -0.4 is 0 Å². The van der Waals surface area contributed by atoms with Crippen molar-refractivity contribution >= 4 is 0 Å². The summed E-state index contributed by atoms with van der Waals surface area (Å²) < 4.78 is 0. The van der Waals surface area contributed by atoms with Gasteiger partial charge in [-0.2, -0.15) is 0 Å². The first-order valence-electron chi connectivity index (χ1n) is 6.55. The van der Waals surface area contributed by atoms with Crippen molar-refractivity contribution < 1.29 is 0 Å². The summed E-state index contributed by atoms with van der Waals surface area (Å²) in [5.74, 6) is 0. The highest BCUT2D eigenvalue weighted by Crippen LogP contribution is 2.26. The van der Waals surface area contributed by atoms with Crippen LogP contribution in [0.3, 0.4) is 0 Å². The van der Waals surface area contributed by atoms with E-state index in [0.717, 1.165) is 0 Å². The zero-order valence-corrected chi connectivity index (χ0v) is 10.8. The molecular formula is C15H23N. The van der Waals surface area contributed by atoms with Crippen molar-refractivity contribution in [1.29, 1.82) is 0 Å². The first kappa shape index (κ1) is 11.6. The minimum Gasteiger partial charge on any atom is -0.261 e. The van der Waals surface area contributed by atoms with E-state index >= 15 is 0 Å². The Morgan fingerprint density at radius 3 is 2.38 bits per heavy atom. The summed E-state index contributed by atoms with van der Waals surface area (Å²) >= 11 is 0. The molecule has 0 aliphatic heterocycles. The van der Waals surface area contributed by atoms with Gasteiger partial charge in [0.2, 0.25) is 0 Å². The van der Waals surface area contributed by atoms with Crippen LogP contribution in [0.1, 0.15) is 63.3 Å². The predicted molar refractivity (Wildman–Crippen MR) is 68.8 cm³/mol. The molecule has 1 aliphatic carbocycles. The Bertz CT molecular complexity index is 360. The van der Waals surface area contributed by atoms with Crippen LogP contribution in [0.2, 0.25) is 0 Å². The molecule has 1 aromatic rings. The third-order valence-corrected chi connectivity index (χ3v) is 3.54. The molecule has 0 saturated heterocycles. The molecule has 0 atom stereocenters. The van der Waals surface area contributed by atoms with E-state index in [1.54, 1.807) is 0 Å². The summed E-state index contributed by atoms with van der Waals surface area (Å²) in [6.07, 6.45) is 9.91. The number of fused-ring (bicyclic) bond motifs is 1. The highest BCUT2D eigenvalue weighted by atomic mass is 14.7. The van der Waals surface area contributed by atoms with Crippen molar-refractivity contribution in [2.45, 2.75) is 64.7 Å². The molecule has 1 heteroatoms. The largest absolute Gasteiger partial charge is 0.261 e. The fourth-order valence-electron chi connectivity index (χ4n) is 2.35. The summed E-state index contributed by atoms with van der Waals surface area (Å²) in [5.41, 5.74) is 4.47. The van der Waals surface area contributed by atoms with E-state index in [1.165, 1.54) is 55.3 Å². The number of nitrogens with zero attached hydrogens (tertiary/aromatic N) is 1. The molecule has 1 aromatic heterocycles. The fraction of sp³-hybridized carbons (Fsp3) is 0.667. The van der Waals surface area contributed by atoms with Gasteiger partial charge in [0.15, 0.2) is 0 Å². The van der Waals surface area contributed by atoms with Gasteiger partial charge in [-0.05, 0) is 42.2 Å². The first-order valence-corrected chi connectivity index (χ1v) is 6.55. The molecule has 0 unspecified atom stereocenters. The van der Waals surface area contributed by atoms with E-state index in [2.05, 4.69) is 38.0 Å². The first-order chi connectivity index (χ1) is 7.57. The van der Waals surface area contributed by atoms with E-state index in [4.69, 9.17) is 0 Å².